The van der Waals surface area contributed by atoms with E-state index in [2.05, 4.69) is 103 Å². The first kappa shape index (κ1) is 18.4. The standard InChI is InChI=1S/C19H23N2.HI/c1-4-21-16-8-7-11-19(21)10-6-5-9-17-12-14-18(15-13-17)20(2)3;/h5-16H,4H2,1-3H3;1H/q+1;/p-1. The summed E-state index contributed by atoms with van der Waals surface area (Å²) >= 11 is 0. The molecule has 0 saturated carbocycles. The number of rotatable bonds is 5. The molecule has 3 heteroatoms. The van der Waals surface area contributed by atoms with Gasteiger partial charge in [0.05, 0.1) is 0 Å². The molecule has 2 aromatic rings. The molecule has 0 radical (unpaired) electrons. The van der Waals surface area contributed by atoms with Gasteiger partial charge in [0.15, 0.2) is 6.20 Å². The summed E-state index contributed by atoms with van der Waals surface area (Å²) in [6.07, 6.45) is 10.5. The van der Waals surface area contributed by atoms with E-state index < -0.39 is 0 Å². The van der Waals surface area contributed by atoms with Crippen molar-refractivity contribution in [2.75, 3.05) is 19.0 Å². The monoisotopic (exact) mass is 406 g/mol. The third-order valence-electron chi connectivity index (χ3n) is 3.39. The van der Waals surface area contributed by atoms with Gasteiger partial charge in [-0.2, -0.15) is 4.57 Å². The topological polar surface area (TPSA) is 7.12 Å². The van der Waals surface area contributed by atoms with Crippen molar-refractivity contribution in [3.63, 3.8) is 0 Å². The van der Waals surface area contributed by atoms with Crippen LogP contribution in [0.1, 0.15) is 18.2 Å². The highest BCUT2D eigenvalue weighted by molar-refractivity contribution is 5.58. The van der Waals surface area contributed by atoms with E-state index in [-0.39, 0.29) is 24.0 Å². The second-order valence-corrected chi connectivity index (χ2v) is 5.12. The Balaban J connectivity index is 0.00000242. The molecule has 0 N–H and O–H groups in total. The largest absolute Gasteiger partial charge is 1.00 e. The number of nitrogens with zero attached hydrogens (tertiary/aromatic N) is 2. The molecule has 0 atom stereocenters. The van der Waals surface area contributed by atoms with Gasteiger partial charge in [0, 0.05) is 38.0 Å². The Bertz CT molecular complexity index is 628. The predicted molar refractivity (Wildman–Crippen MR) is 91.1 cm³/mol. The summed E-state index contributed by atoms with van der Waals surface area (Å²) < 4.78 is 2.22. The van der Waals surface area contributed by atoms with Gasteiger partial charge in [-0.25, -0.2) is 0 Å². The minimum Gasteiger partial charge on any atom is -1.00 e. The van der Waals surface area contributed by atoms with Gasteiger partial charge in [-0.1, -0.05) is 30.4 Å². The van der Waals surface area contributed by atoms with Crippen LogP contribution in [0.3, 0.4) is 0 Å². The number of aromatic nitrogens is 1. The summed E-state index contributed by atoms with van der Waals surface area (Å²) in [5.41, 5.74) is 3.64. The van der Waals surface area contributed by atoms with Crippen LogP contribution in [0, 0.1) is 0 Å². The quantitative estimate of drug-likeness (QED) is 0.405. The average Bonchev–Trinajstić information content (AvgIpc) is 2.52. The number of halogens is 1. The van der Waals surface area contributed by atoms with Crippen LogP contribution in [0.4, 0.5) is 5.69 Å². The van der Waals surface area contributed by atoms with E-state index in [1.54, 1.807) is 0 Å². The van der Waals surface area contributed by atoms with Crippen LogP contribution < -0.4 is 33.4 Å². The highest BCUT2D eigenvalue weighted by atomic mass is 127. The molecule has 0 aliphatic heterocycles. The van der Waals surface area contributed by atoms with Crippen LogP contribution in [0.25, 0.3) is 12.2 Å². The third kappa shape index (κ3) is 5.30. The van der Waals surface area contributed by atoms with Crippen LogP contribution >= 0.6 is 0 Å². The van der Waals surface area contributed by atoms with E-state index in [0.29, 0.717) is 0 Å². The van der Waals surface area contributed by atoms with Gasteiger partial charge in [-0.15, -0.1) is 0 Å². The van der Waals surface area contributed by atoms with Gasteiger partial charge >= 0.3 is 0 Å². The van der Waals surface area contributed by atoms with Crippen molar-refractivity contribution in [1.82, 2.24) is 0 Å². The number of benzene rings is 1. The summed E-state index contributed by atoms with van der Waals surface area (Å²) in [5, 5.41) is 0. The van der Waals surface area contributed by atoms with Gasteiger partial charge in [-0.3, -0.25) is 0 Å². The molecule has 0 saturated heterocycles. The highest BCUT2D eigenvalue weighted by Crippen LogP contribution is 2.13. The fourth-order valence-corrected chi connectivity index (χ4v) is 2.13. The molecule has 0 unspecified atom stereocenters. The molecule has 116 valence electrons. The second-order valence-electron chi connectivity index (χ2n) is 5.12. The van der Waals surface area contributed by atoms with E-state index in [9.17, 15) is 0 Å². The Hall–Kier alpha value is -1.62. The van der Waals surface area contributed by atoms with Crippen molar-refractivity contribution in [1.29, 1.82) is 0 Å². The minimum absolute atomic E-state index is 0. The SMILES string of the molecule is CC[n+]1ccccc1C=CC=Cc1ccc(N(C)C)cc1.[I-]. The van der Waals surface area contributed by atoms with Crippen LogP contribution in [-0.2, 0) is 6.54 Å². The molecule has 0 spiro atoms. The van der Waals surface area contributed by atoms with Crippen molar-refractivity contribution in [3.05, 3.63) is 72.1 Å². The normalized spacial score (nSPS) is 10.9. The number of hydrogen-bond donors (Lipinski definition) is 0. The van der Waals surface area contributed by atoms with Gasteiger partial charge in [-0.05, 0) is 30.7 Å². The molecule has 0 aliphatic rings. The molecule has 0 aliphatic carbocycles. The Kier molecular flexibility index (Phi) is 7.88. The lowest BCUT2D eigenvalue weighted by atomic mass is 10.2. The molecule has 0 fully saturated rings. The van der Waals surface area contributed by atoms with Crippen LogP contribution in [-0.4, -0.2) is 14.1 Å². The molecule has 2 rings (SSSR count). The third-order valence-corrected chi connectivity index (χ3v) is 3.39. The zero-order valence-corrected chi connectivity index (χ0v) is 15.6. The Morgan fingerprint density at radius 3 is 2.27 bits per heavy atom. The first-order valence-corrected chi connectivity index (χ1v) is 7.31. The number of hydrogen-bond acceptors (Lipinski definition) is 1. The highest BCUT2D eigenvalue weighted by Gasteiger charge is 2.01. The van der Waals surface area contributed by atoms with Crippen molar-refractivity contribution < 1.29 is 28.5 Å². The predicted octanol–water partition coefficient (Wildman–Crippen LogP) is 0.791. The number of allylic oxidation sites excluding steroid dienone is 2. The van der Waals surface area contributed by atoms with Crippen molar-refractivity contribution in [2.45, 2.75) is 13.5 Å². The molecule has 22 heavy (non-hydrogen) atoms. The molecular formula is C19H23IN2. The summed E-state index contributed by atoms with van der Waals surface area (Å²) in [6.45, 7) is 3.13. The minimum atomic E-state index is 0. The lowest BCUT2D eigenvalue weighted by Crippen LogP contribution is -3.00. The Morgan fingerprint density at radius 1 is 0.955 bits per heavy atom. The van der Waals surface area contributed by atoms with Gasteiger partial charge < -0.3 is 28.9 Å². The summed E-state index contributed by atoms with van der Waals surface area (Å²) in [6, 6.07) is 14.8. The maximum Gasteiger partial charge on any atom is 0.205 e. The first-order valence-electron chi connectivity index (χ1n) is 7.31. The van der Waals surface area contributed by atoms with Crippen molar-refractivity contribution in [3.8, 4) is 0 Å². The molecule has 0 bridgehead atoms. The van der Waals surface area contributed by atoms with Crippen molar-refractivity contribution >= 4 is 17.8 Å². The van der Waals surface area contributed by atoms with E-state index in [1.165, 1.54) is 16.9 Å². The zero-order valence-electron chi connectivity index (χ0n) is 13.4. The molecular weight excluding hydrogens is 383 g/mol. The molecule has 2 nitrogen and oxygen atoms in total. The lowest BCUT2D eigenvalue weighted by molar-refractivity contribution is -0.695. The Labute approximate surface area is 150 Å². The summed E-state index contributed by atoms with van der Waals surface area (Å²) in [7, 11) is 4.10. The van der Waals surface area contributed by atoms with E-state index >= 15 is 0 Å². The molecule has 1 heterocycles. The van der Waals surface area contributed by atoms with Gasteiger partial charge in [0.2, 0.25) is 5.69 Å². The first-order chi connectivity index (χ1) is 10.2. The van der Waals surface area contributed by atoms with Crippen LogP contribution in [0.2, 0.25) is 0 Å². The number of aryl methyl sites for hydroxylation is 1. The fourth-order valence-electron chi connectivity index (χ4n) is 2.13. The number of anilines is 1. The summed E-state index contributed by atoms with van der Waals surface area (Å²) in [4.78, 5) is 2.10. The average molecular weight is 406 g/mol. The van der Waals surface area contributed by atoms with Crippen molar-refractivity contribution in [2.24, 2.45) is 0 Å². The van der Waals surface area contributed by atoms with E-state index in [4.69, 9.17) is 0 Å². The van der Waals surface area contributed by atoms with E-state index in [0.717, 1.165) is 6.54 Å². The maximum absolute atomic E-state index is 2.22. The summed E-state index contributed by atoms with van der Waals surface area (Å²) in [5.74, 6) is 0. The molecule has 1 aromatic heterocycles. The smallest absolute Gasteiger partial charge is 0.205 e. The maximum atomic E-state index is 2.22. The fraction of sp³-hybridized carbons (Fsp3) is 0.211. The van der Waals surface area contributed by atoms with Gasteiger partial charge in [0.25, 0.3) is 0 Å². The number of pyridine rings is 1. The zero-order chi connectivity index (χ0) is 15.1. The molecule has 0 amide bonds. The van der Waals surface area contributed by atoms with E-state index in [1.807, 2.05) is 0 Å². The molecule has 1 aromatic carbocycles. The van der Waals surface area contributed by atoms with Crippen LogP contribution in [0.5, 0.6) is 0 Å². The second kappa shape index (κ2) is 9.41. The van der Waals surface area contributed by atoms with Crippen LogP contribution in [0.15, 0.2) is 60.8 Å². The lowest BCUT2D eigenvalue weighted by Gasteiger charge is -2.11. The van der Waals surface area contributed by atoms with Gasteiger partial charge in [0.1, 0.15) is 6.54 Å². The Morgan fingerprint density at radius 2 is 1.64 bits per heavy atom.